The van der Waals surface area contributed by atoms with E-state index < -0.39 is 0 Å². The molecule has 7 nitrogen and oxygen atoms in total. The van der Waals surface area contributed by atoms with E-state index in [2.05, 4.69) is 26.5 Å². The molecule has 0 radical (unpaired) electrons. The first-order valence-electron chi connectivity index (χ1n) is 8.56. The molecule has 0 amide bonds. The van der Waals surface area contributed by atoms with Gasteiger partial charge in [0.25, 0.3) is 0 Å². The second-order valence-electron chi connectivity index (χ2n) is 6.40. The van der Waals surface area contributed by atoms with Crippen molar-refractivity contribution in [3.8, 4) is 17.0 Å². The lowest BCUT2D eigenvalue weighted by molar-refractivity contribution is 0.293. The molecule has 2 unspecified atom stereocenters. The Morgan fingerprint density at radius 2 is 2.04 bits per heavy atom. The molecule has 3 aromatic rings. The van der Waals surface area contributed by atoms with Gasteiger partial charge in [0, 0.05) is 44.0 Å². The Morgan fingerprint density at radius 1 is 1.20 bits per heavy atom. The standard InChI is InChI=1S/C18H22N6O/c1-3-24-12-18(20-21-24)15-4-6-17(7-5-15)25-13-16-11-23(16)10-14-8-19-22(2)9-14/h4-9,12,16H,3,10-11,13H2,1-2H3. The van der Waals surface area contributed by atoms with E-state index in [1.807, 2.05) is 60.0 Å². The van der Waals surface area contributed by atoms with Gasteiger partial charge in [0.1, 0.15) is 18.1 Å². The van der Waals surface area contributed by atoms with Gasteiger partial charge >= 0.3 is 0 Å². The molecule has 2 atom stereocenters. The number of aryl methyl sites for hydroxylation is 2. The van der Waals surface area contributed by atoms with Crippen molar-refractivity contribution in [1.82, 2.24) is 29.7 Å². The van der Waals surface area contributed by atoms with E-state index in [1.165, 1.54) is 5.56 Å². The van der Waals surface area contributed by atoms with E-state index in [9.17, 15) is 0 Å². The van der Waals surface area contributed by atoms with Crippen LogP contribution in [0.15, 0.2) is 42.9 Å². The molecule has 7 heteroatoms. The summed E-state index contributed by atoms with van der Waals surface area (Å²) in [6.07, 6.45) is 5.93. The molecule has 1 saturated heterocycles. The van der Waals surface area contributed by atoms with Crippen molar-refractivity contribution in [3.05, 3.63) is 48.4 Å². The van der Waals surface area contributed by atoms with Crippen LogP contribution in [0.2, 0.25) is 0 Å². The summed E-state index contributed by atoms with van der Waals surface area (Å²) in [5.41, 5.74) is 3.18. The van der Waals surface area contributed by atoms with E-state index in [1.54, 1.807) is 0 Å². The van der Waals surface area contributed by atoms with Crippen LogP contribution < -0.4 is 4.74 Å². The average molecular weight is 338 g/mol. The molecule has 1 aliphatic heterocycles. The first-order valence-corrected chi connectivity index (χ1v) is 8.56. The minimum absolute atomic E-state index is 0.490. The van der Waals surface area contributed by atoms with Crippen molar-refractivity contribution in [2.45, 2.75) is 26.1 Å². The number of rotatable bonds is 7. The number of ether oxygens (including phenoxy) is 1. The van der Waals surface area contributed by atoms with Crippen molar-refractivity contribution >= 4 is 0 Å². The predicted octanol–water partition coefficient (Wildman–Crippen LogP) is 1.96. The molecule has 0 saturated carbocycles. The minimum Gasteiger partial charge on any atom is -0.492 e. The number of hydrogen-bond acceptors (Lipinski definition) is 5. The maximum Gasteiger partial charge on any atom is 0.119 e. The van der Waals surface area contributed by atoms with Crippen LogP contribution >= 0.6 is 0 Å². The molecule has 1 aromatic carbocycles. The van der Waals surface area contributed by atoms with Crippen LogP contribution in [-0.2, 0) is 20.1 Å². The number of hydrogen-bond donors (Lipinski definition) is 0. The Hall–Kier alpha value is -2.67. The lowest BCUT2D eigenvalue weighted by Gasteiger charge is -2.07. The van der Waals surface area contributed by atoms with Crippen LogP contribution in [0.4, 0.5) is 0 Å². The summed E-state index contributed by atoms with van der Waals surface area (Å²) < 4.78 is 9.58. The highest BCUT2D eigenvalue weighted by Gasteiger charge is 2.34. The third kappa shape index (κ3) is 3.71. The van der Waals surface area contributed by atoms with Gasteiger partial charge in [-0.25, -0.2) is 0 Å². The van der Waals surface area contributed by atoms with Gasteiger partial charge in [0.15, 0.2) is 0 Å². The molecular weight excluding hydrogens is 316 g/mol. The number of benzene rings is 1. The summed E-state index contributed by atoms with van der Waals surface area (Å²) in [6.45, 7) is 5.60. The van der Waals surface area contributed by atoms with Crippen LogP contribution in [0, 0.1) is 0 Å². The lowest BCUT2D eigenvalue weighted by atomic mass is 10.2. The maximum atomic E-state index is 5.92. The Bertz CT molecular complexity index is 837. The van der Waals surface area contributed by atoms with Crippen molar-refractivity contribution in [2.75, 3.05) is 13.2 Å². The Kier molecular flexibility index (Phi) is 4.23. The molecule has 0 aliphatic carbocycles. The topological polar surface area (TPSA) is 60.8 Å². The molecule has 0 bridgehead atoms. The van der Waals surface area contributed by atoms with Crippen LogP contribution in [0.25, 0.3) is 11.3 Å². The lowest BCUT2D eigenvalue weighted by Crippen LogP contribution is -2.10. The molecule has 0 spiro atoms. The smallest absolute Gasteiger partial charge is 0.119 e. The first kappa shape index (κ1) is 15.8. The fourth-order valence-electron chi connectivity index (χ4n) is 2.86. The van der Waals surface area contributed by atoms with E-state index in [4.69, 9.17) is 4.74 Å². The second kappa shape index (κ2) is 6.68. The van der Waals surface area contributed by atoms with Gasteiger partial charge in [-0.15, -0.1) is 5.10 Å². The van der Waals surface area contributed by atoms with E-state index in [0.29, 0.717) is 12.6 Å². The predicted molar refractivity (Wildman–Crippen MR) is 94.0 cm³/mol. The Balaban J connectivity index is 1.27. The molecule has 1 fully saturated rings. The summed E-state index contributed by atoms with van der Waals surface area (Å²) in [4.78, 5) is 2.38. The Labute approximate surface area is 146 Å². The molecule has 130 valence electrons. The molecular formula is C18H22N6O. The van der Waals surface area contributed by atoms with Gasteiger partial charge in [0.05, 0.1) is 18.4 Å². The SMILES string of the molecule is CCn1cc(-c2ccc(OCC3CN3Cc3cnn(C)c3)cc2)nn1. The van der Waals surface area contributed by atoms with Gasteiger partial charge in [-0.05, 0) is 31.2 Å². The van der Waals surface area contributed by atoms with E-state index in [0.717, 1.165) is 36.6 Å². The number of aromatic nitrogens is 5. The van der Waals surface area contributed by atoms with Gasteiger partial charge in [-0.1, -0.05) is 5.21 Å². The third-order valence-electron chi connectivity index (χ3n) is 4.43. The second-order valence-corrected chi connectivity index (χ2v) is 6.40. The zero-order valence-corrected chi connectivity index (χ0v) is 14.5. The van der Waals surface area contributed by atoms with E-state index >= 15 is 0 Å². The normalized spacial score (nSPS) is 19.1. The summed E-state index contributed by atoms with van der Waals surface area (Å²) in [7, 11) is 1.94. The highest BCUT2D eigenvalue weighted by molar-refractivity contribution is 5.58. The van der Waals surface area contributed by atoms with Crippen molar-refractivity contribution < 1.29 is 4.74 Å². The summed E-state index contributed by atoms with van der Waals surface area (Å²) >= 11 is 0. The Morgan fingerprint density at radius 3 is 2.72 bits per heavy atom. The first-order chi connectivity index (χ1) is 12.2. The summed E-state index contributed by atoms with van der Waals surface area (Å²) in [5, 5.41) is 12.5. The quantitative estimate of drug-likeness (QED) is 0.616. The monoisotopic (exact) mass is 338 g/mol. The molecule has 4 rings (SSSR count). The van der Waals surface area contributed by atoms with Gasteiger partial charge in [-0.2, -0.15) is 5.10 Å². The fraction of sp³-hybridized carbons (Fsp3) is 0.389. The van der Waals surface area contributed by atoms with E-state index in [-0.39, 0.29) is 0 Å². The zero-order chi connectivity index (χ0) is 17.2. The molecule has 1 aliphatic rings. The van der Waals surface area contributed by atoms with Gasteiger partial charge in [-0.3, -0.25) is 14.3 Å². The largest absolute Gasteiger partial charge is 0.492 e. The summed E-state index contributed by atoms with van der Waals surface area (Å²) in [5.74, 6) is 0.889. The van der Waals surface area contributed by atoms with Crippen molar-refractivity contribution in [1.29, 1.82) is 0 Å². The highest BCUT2D eigenvalue weighted by Crippen LogP contribution is 2.24. The van der Waals surface area contributed by atoms with Crippen LogP contribution in [-0.4, -0.2) is 48.9 Å². The fourth-order valence-corrected chi connectivity index (χ4v) is 2.86. The molecule has 0 N–H and O–H groups in total. The van der Waals surface area contributed by atoms with Crippen molar-refractivity contribution in [2.24, 2.45) is 7.05 Å². The zero-order valence-electron chi connectivity index (χ0n) is 14.5. The highest BCUT2D eigenvalue weighted by atomic mass is 16.5. The van der Waals surface area contributed by atoms with Crippen molar-refractivity contribution in [3.63, 3.8) is 0 Å². The maximum absolute atomic E-state index is 5.92. The molecule has 2 aromatic heterocycles. The molecule has 25 heavy (non-hydrogen) atoms. The van der Waals surface area contributed by atoms with Crippen LogP contribution in [0.5, 0.6) is 5.75 Å². The van der Waals surface area contributed by atoms with Crippen LogP contribution in [0.3, 0.4) is 0 Å². The van der Waals surface area contributed by atoms with Gasteiger partial charge in [0.2, 0.25) is 0 Å². The average Bonchev–Trinajstić information content (AvgIpc) is 3.00. The summed E-state index contributed by atoms with van der Waals surface area (Å²) in [6, 6.07) is 8.53. The molecule has 3 heterocycles. The number of nitrogens with zero attached hydrogens (tertiary/aromatic N) is 6. The van der Waals surface area contributed by atoms with Crippen LogP contribution in [0.1, 0.15) is 12.5 Å². The minimum atomic E-state index is 0.490. The van der Waals surface area contributed by atoms with Gasteiger partial charge < -0.3 is 4.74 Å². The third-order valence-corrected chi connectivity index (χ3v) is 4.43.